The third-order valence-electron chi connectivity index (χ3n) is 4.37. The molecule has 0 amide bonds. The van der Waals surface area contributed by atoms with E-state index in [1.807, 2.05) is 0 Å². The minimum Gasteiger partial charge on any atom is -0.0654 e. The van der Waals surface area contributed by atoms with Gasteiger partial charge in [0.05, 0.1) is 0 Å². The highest BCUT2D eigenvalue weighted by Crippen LogP contribution is 2.38. The summed E-state index contributed by atoms with van der Waals surface area (Å²) < 4.78 is 0. The number of unbranched alkanes of at least 4 members (excludes halogenated alkanes) is 5. The van der Waals surface area contributed by atoms with Gasteiger partial charge in [0.25, 0.3) is 0 Å². The van der Waals surface area contributed by atoms with Crippen LogP contribution in [0.15, 0.2) is 0 Å². The Morgan fingerprint density at radius 2 is 1.06 bits per heavy atom. The van der Waals surface area contributed by atoms with Gasteiger partial charge >= 0.3 is 0 Å². The summed E-state index contributed by atoms with van der Waals surface area (Å²) in [6.07, 6.45) is 15.7. The Bertz CT molecular complexity index is 133. The fourth-order valence-electron chi connectivity index (χ4n) is 2.74. The molecule has 98 valence electrons. The summed E-state index contributed by atoms with van der Waals surface area (Å²) in [6, 6.07) is 0. The largest absolute Gasteiger partial charge is 0.0654 e. The van der Waals surface area contributed by atoms with E-state index in [0.717, 1.165) is 0 Å². The molecule has 0 fully saturated rings. The predicted octanol–water partition coefficient (Wildman–Crippen LogP) is 6.34. The Hall–Kier alpha value is 0. The van der Waals surface area contributed by atoms with Crippen LogP contribution in [-0.2, 0) is 0 Å². The van der Waals surface area contributed by atoms with Crippen LogP contribution >= 0.6 is 0 Å². The predicted molar refractivity (Wildman–Crippen MR) is 75.9 cm³/mol. The van der Waals surface area contributed by atoms with Crippen LogP contribution in [0.2, 0.25) is 0 Å². The van der Waals surface area contributed by atoms with Gasteiger partial charge in [-0.2, -0.15) is 0 Å². The number of hydrogen-bond acceptors (Lipinski definition) is 0. The molecule has 0 aromatic rings. The average Bonchev–Trinajstić information content (AvgIpc) is 2.33. The highest BCUT2D eigenvalue weighted by atomic mass is 14.3. The molecule has 0 aromatic heterocycles. The van der Waals surface area contributed by atoms with Crippen LogP contribution in [0.4, 0.5) is 0 Å². The van der Waals surface area contributed by atoms with Crippen LogP contribution in [0.3, 0.4) is 0 Å². The van der Waals surface area contributed by atoms with Gasteiger partial charge < -0.3 is 0 Å². The molecule has 0 heteroatoms. The highest BCUT2D eigenvalue weighted by molar-refractivity contribution is 4.76. The topological polar surface area (TPSA) is 0 Å². The van der Waals surface area contributed by atoms with Crippen LogP contribution in [0.5, 0.6) is 0 Å². The van der Waals surface area contributed by atoms with E-state index in [1.165, 1.54) is 70.6 Å². The molecule has 0 aromatic carbocycles. The Morgan fingerprint density at radius 3 is 1.56 bits per heavy atom. The third kappa shape index (κ3) is 6.55. The van der Waals surface area contributed by atoms with Gasteiger partial charge in [0.15, 0.2) is 0 Å². The summed E-state index contributed by atoms with van der Waals surface area (Å²) in [7, 11) is 0. The van der Waals surface area contributed by atoms with E-state index >= 15 is 0 Å². The summed E-state index contributed by atoms with van der Waals surface area (Å²) in [4.78, 5) is 0. The standard InChI is InChI=1S/C16H34/c1-5-9-11-12-13-15-16(7-3,8-4)14-10-6-2/h5-15H2,1-4H3. The van der Waals surface area contributed by atoms with Crippen molar-refractivity contribution in [1.82, 2.24) is 0 Å². The molecule has 0 unspecified atom stereocenters. The van der Waals surface area contributed by atoms with E-state index < -0.39 is 0 Å². The van der Waals surface area contributed by atoms with Crippen molar-refractivity contribution in [3.8, 4) is 0 Å². The maximum absolute atomic E-state index is 2.39. The minimum absolute atomic E-state index is 0.683. The molecule has 0 bridgehead atoms. The molecule has 0 spiro atoms. The Balaban J connectivity index is 3.82. The van der Waals surface area contributed by atoms with Crippen LogP contribution in [-0.4, -0.2) is 0 Å². The maximum atomic E-state index is 2.39. The summed E-state index contributed by atoms with van der Waals surface area (Å²) >= 11 is 0. The molecule has 0 aliphatic carbocycles. The van der Waals surface area contributed by atoms with E-state index in [4.69, 9.17) is 0 Å². The summed E-state index contributed by atoms with van der Waals surface area (Å²) in [6.45, 7) is 9.40. The van der Waals surface area contributed by atoms with E-state index in [-0.39, 0.29) is 0 Å². The smallest absolute Gasteiger partial charge is 0.0303 e. The minimum atomic E-state index is 0.683. The van der Waals surface area contributed by atoms with Crippen LogP contribution < -0.4 is 0 Å². The van der Waals surface area contributed by atoms with Crippen molar-refractivity contribution in [2.24, 2.45) is 5.41 Å². The lowest BCUT2D eigenvalue weighted by Gasteiger charge is -2.32. The lowest BCUT2D eigenvalue weighted by atomic mass is 9.74. The molecule has 0 heterocycles. The average molecular weight is 226 g/mol. The van der Waals surface area contributed by atoms with Crippen LogP contribution in [0.1, 0.15) is 98.3 Å². The van der Waals surface area contributed by atoms with Gasteiger partial charge in [-0.3, -0.25) is 0 Å². The lowest BCUT2D eigenvalue weighted by molar-refractivity contribution is 0.204. The van der Waals surface area contributed by atoms with Crippen molar-refractivity contribution in [3.05, 3.63) is 0 Å². The molecule has 0 atom stereocenters. The van der Waals surface area contributed by atoms with Gasteiger partial charge in [0.1, 0.15) is 0 Å². The maximum Gasteiger partial charge on any atom is -0.0303 e. The molecule has 0 N–H and O–H groups in total. The normalized spacial score (nSPS) is 12.0. The van der Waals surface area contributed by atoms with E-state index in [9.17, 15) is 0 Å². The zero-order chi connectivity index (χ0) is 12.3. The molecule has 0 saturated heterocycles. The zero-order valence-corrected chi connectivity index (χ0v) is 12.3. The van der Waals surface area contributed by atoms with E-state index in [1.54, 1.807) is 0 Å². The molecular formula is C16H34. The molecule has 0 nitrogen and oxygen atoms in total. The highest BCUT2D eigenvalue weighted by Gasteiger charge is 2.24. The monoisotopic (exact) mass is 226 g/mol. The molecule has 0 saturated carbocycles. The Labute approximate surface area is 104 Å². The Kier molecular flexibility index (Phi) is 10.2. The zero-order valence-electron chi connectivity index (χ0n) is 12.3. The first-order valence-corrected chi connectivity index (χ1v) is 7.74. The van der Waals surface area contributed by atoms with Crippen molar-refractivity contribution < 1.29 is 0 Å². The van der Waals surface area contributed by atoms with Crippen molar-refractivity contribution in [2.75, 3.05) is 0 Å². The summed E-state index contributed by atoms with van der Waals surface area (Å²) in [5, 5.41) is 0. The second kappa shape index (κ2) is 10.2. The molecule has 0 rings (SSSR count). The van der Waals surface area contributed by atoms with Crippen molar-refractivity contribution in [3.63, 3.8) is 0 Å². The van der Waals surface area contributed by atoms with Crippen LogP contribution in [0.25, 0.3) is 0 Å². The first-order chi connectivity index (χ1) is 7.74. The van der Waals surface area contributed by atoms with E-state index in [0.29, 0.717) is 5.41 Å². The van der Waals surface area contributed by atoms with Gasteiger partial charge in [-0.15, -0.1) is 0 Å². The molecule has 0 aliphatic heterocycles. The van der Waals surface area contributed by atoms with Gasteiger partial charge in [-0.05, 0) is 18.3 Å². The second-order valence-corrected chi connectivity index (χ2v) is 5.47. The van der Waals surface area contributed by atoms with Crippen molar-refractivity contribution in [2.45, 2.75) is 98.3 Å². The third-order valence-corrected chi connectivity index (χ3v) is 4.37. The first-order valence-electron chi connectivity index (χ1n) is 7.74. The first kappa shape index (κ1) is 16.0. The van der Waals surface area contributed by atoms with Crippen LogP contribution in [0, 0.1) is 5.41 Å². The summed E-state index contributed by atoms with van der Waals surface area (Å²) in [5.41, 5.74) is 0.683. The van der Waals surface area contributed by atoms with Gasteiger partial charge in [0, 0.05) is 0 Å². The van der Waals surface area contributed by atoms with Gasteiger partial charge in [-0.25, -0.2) is 0 Å². The molecular weight excluding hydrogens is 192 g/mol. The molecule has 0 radical (unpaired) electrons. The van der Waals surface area contributed by atoms with E-state index in [2.05, 4.69) is 27.7 Å². The fourth-order valence-corrected chi connectivity index (χ4v) is 2.74. The molecule has 0 aliphatic rings. The second-order valence-electron chi connectivity index (χ2n) is 5.47. The number of hydrogen-bond donors (Lipinski definition) is 0. The van der Waals surface area contributed by atoms with Gasteiger partial charge in [-0.1, -0.05) is 85.5 Å². The van der Waals surface area contributed by atoms with Gasteiger partial charge in [0.2, 0.25) is 0 Å². The quantitative estimate of drug-likeness (QED) is 0.360. The Morgan fingerprint density at radius 1 is 0.562 bits per heavy atom. The van der Waals surface area contributed by atoms with Crippen molar-refractivity contribution >= 4 is 0 Å². The van der Waals surface area contributed by atoms with Crippen molar-refractivity contribution in [1.29, 1.82) is 0 Å². The molecule has 16 heavy (non-hydrogen) atoms. The fraction of sp³-hybridized carbons (Fsp3) is 1.00. The lowest BCUT2D eigenvalue weighted by Crippen LogP contribution is -2.18. The number of rotatable bonds is 11. The summed E-state index contributed by atoms with van der Waals surface area (Å²) in [5.74, 6) is 0. The SMILES string of the molecule is CCCCCCCC(CC)(CC)CCCC.